The van der Waals surface area contributed by atoms with Gasteiger partial charge in [-0.25, -0.2) is 13.8 Å². The zero-order chi connectivity index (χ0) is 24.6. The third-order valence-electron chi connectivity index (χ3n) is 6.73. The molecule has 10 heteroatoms. The van der Waals surface area contributed by atoms with Crippen LogP contribution in [0.1, 0.15) is 48.4 Å². The van der Waals surface area contributed by atoms with Gasteiger partial charge in [-0.15, -0.1) is 0 Å². The molecule has 3 heterocycles. The van der Waals surface area contributed by atoms with Crippen molar-refractivity contribution >= 4 is 17.2 Å². The Morgan fingerprint density at radius 2 is 2.00 bits per heavy atom. The first-order valence-electron chi connectivity index (χ1n) is 12.4. The Labute approximate surface area is 209 Å². The molecule has 192 valence electrons. The number of thiazole rings is 1. The summed E-state index contributed by atoms with van der Waals surface area (Å²) in [6.45, 7) is 4.29. The van der Waals surface area contributed by atoms with E-state index in [9.17, 15) is 13.6 Å². The number of alkyl halides is 2. The van der Waals surface area contributed by atoms with Gasteiger partial charge in [0.1, 0.15) is 5.75 Å². The number of nitrogens with zero attached hydrogens (tertiary/aromatic N) is 3. The van der Waals surface area contributed by atoms with Gasteiger partial charge in [-0.05, 0) is 70.0 Å². The van der Waals surface area contributed by atoms with Crippen molar-refractivity contribution in [2.45, 2.75) is 64.3 Å². The lowest BCUT2D eigenvalue weighted by Gasteiger charge is -2.30. The van der Waals surface area contributed by atoms with Crippen molar-refractivity contribution in [3.63, 3.8) is 0 Å². The number of hydrogen-bond donors (Lipinski definition) is 1. The Balaban J connectivity index is 1.10. The average Bonchev–Trinajstić information content (AvgIpc) is 3.15. The molecule has 0 unspecified atom stereocenters. The molecule has 35 heavy (non-hydrogen) atoms. The van der Waals surface area contributed by atoms with Crippen molar-refractivity contribution < 1.29 is 23.0 Å². The van der Waals surface area contributed by atoms with Crippen LogP contribution in [0.25, 0.3) is 0 Å². The standard InChI is InChI=1S/C25H34F2N4O3S/c1-17-2-7-20(14-28-17)33-16-24(32)29-19-5-3-18(4-6-19)8-11-31-12-9-21-22(10-13-31)35-25(30-21)34-15-23(26)27/h2,7,14,18-19,23H,3-6,8-13,15-16H2,1H3,(H,29,32)/t18-,19-. The summed E-state index contributed by atoms with van der Waals surface area (Å²) in [6.07, 6.45) is 6.31. The van der Waals surface area contributed by atoms with Gasteiger partial charge in [-0.2, -0.15) is 0 Å². The van der Waals surface area contributed by atoms with Crippen LogP contribution >= 0.6 is 11.3 Å². The van der Waals surface area contributed by atoms with Gasteiger partial charge in [-0.1, -0.05) is 11.3 Å². The molecular weight excluding hydrogens is 474 g/mol. The van der Waals surface area contributed by atoms with Gasteiger partial charge in [0.05, 0.1) is 11.9 Å². The predicted octanol–water partition coefficient (Wildman–Crippen LogP) is 4.04. The summed E-state index contributed by atoms with van der Waals surface area (Å²) >= 11 is 1.41. The van der Waals surface area contributed by atoms with E-state index in [2.05, 4.69) is 20.2 Å². The quantitative estimate of drug-likeness (QED) is 0.522. The Morgan fingerprint density at radius 1 is 1.20 bits per heavy atom. The van der Waals surface area contributed by atoms with E-state index in [0.29, 0.717) is 16.9 Å². The maximum atomic E-state index is 12.4. The molecule has 0 saturated heterocycles. The largest absolute Gasteiger partial charge is 0.482 e. The fraction of sp³-hybridized carbons (Fsp3) is 0.640. The number of halogens is 2. The minimum Gasteiger partial charge on any atom is -0.482 e. The smallest absolute Gasteiger partial charge is 0.273 e. The van der Waals surface area contributed by atoms with E-state index in [-0.39, 0.29) is 18.6 Å². The van der Waals surface area contributed by atoms with Crippen molar-refractivity contribution in [3.8, 4) is 10.9 Å². The van der Waals surface area contributed by atoms with E-state index in [4.69, 9.17) is 9.47 Å². The van der Waals surface area contributed by atoms with Gasteiger partial charge in [0.25, 0.3) is 17.5 Å². The van der Waals surface area contributed by atoms with Gasteiger partial charge in [0, 0.05) is 36.1 Å². The second kappa shape index (κ2) is 12.6. The topological polar surface area (TPSA) is 76.6 Å². The van der Waals surface area contributed by atoms with Crippen molar-refractivity contribution in [2.24, 2.45) is 5.92 Å². The van der Waals surface area contributed by atoms with Gasteiger partial charge in [0.15, 0.2) is 13.2 Å². The number of amides is 1. The number of carbonyl (C=O) groups is 1. The SMILES string of the molecule is Cc1ccc(OCC(=O)N[C@H]2CC[C@H](CCN3CCc4nc(OCC(F)F)sc4CC3)CC2)cn1. The van der Waals surface area contributed by atoms with E-state index >= 15 is 0 Å². The fourth-order valence-corrected chi connectivity index (χ4v) is 5.68. The lowest BCUT2D eigenvalue weighted by Crippen LogP contribution is -2.40. The van der Waals surface area contributed by atoms with E-state index in [0.717, 1.165) is 80.8 Å². The van der Waals surface area contributed by atoms with Crippen LogP contribution in [-0.2, 0) is 17.6 Å². The molecule has 0 radical (unpaired) electrons. The fourth-order valence-electron chi connectivity index (χ4n) is 4.72. The molecule has 1 amide bonds. The second-order valence-electron chi connectivity index (χ2n) is 9.39. The molecule has 0 spiro atoms. The normalized spacial score (nSPS) is 20.8. The van der Waals surface area contributed by atoms with Crippen LogP contribution in [0.5, 0.6) is 10.9 Å². The molecule has 4 rings (SSSR count). The minimum atomic E-state index is -2.48. The third kappa shape index (κ3) is 8.10. The highest BCUT2D eigenvalue weighted by atomic mass is 32.1. The number of rotatable bonds is 10. The number of fused-ring (bicyclic) bond motifs is 1. The molecule has 2 aliphatic rings. The Kier molecular flexibility index (Phi) is 9.25. The molecule has 0 aromatic carbocycles. The number of aromatic nitrogens is 2. The van der Waals surface area contributed by atoms with Gasteiger partial charge >= 0.3 is 0 Å². The van der Waals surface area contributed by atoms with E-state index in [1.165, 1.54) is 11.3 Å². The molecule has 1 fully saturated rings. The molecule has 1 aliphatic heterocycles. The summed E-state index contributed by atoms with van der Waals surface area (Å²) < 4.78 is 35.3. The Hall–Kier alpha value is -2.33. The average molecular weight is 509 g/mol. The summed E-state index contributed by atoms with van der Waals surface area (Å²) in [4.78, 5) is 24.5. The molecule has 2 aromatic rings. The van der Waals surface area contributed by atoms with Crippen LogP contribution in [0.2, 0.25) is 0 Å². The molecule has 2 aromatic heterocycles. The van der Waals surface area contributed by atoms with Gasteiger partial charge in [-0.3, -0.25) is 9.78 Å². The van der Waals surface area contributed by atoms with Crippen LogP contribution in [0, 0.1) is 12.8 Å². The van der Waals surface area contributed by atoms with Gasteiger partial charge in [0.2, 0.25) is 0 Å². The maximum Gasteiger partial charge on any atom is 0.273 e. The number of ether oxygens (including phenoxy) is 2. The van der Waals surface area contributed by atoms with Crippen LogP contribution in [0.15, 0.2) is 18.3 Å². The second-order valence-corrected chi connectivity index (χ2v) is 10.4. The lowest BCUT2D eigenvalue weighted by atomic mass is 9.84. The molecule has 7 nitrogen and oxygen atoms in total. The maximum absolute atomic E-state index is 12.4. The number of nitrogens with one attached hydrogen (secondary N) is 1. The van der Waals surface area contributed by atoms with Gasteiger partial charge < -0.3 is 19.7 Å². The molecule has 0 atom stereocenters. The number of aryl methyl sites for hydroxylation is 1. The number of carbonyl (C=O) groups excluding carboxylic acids is 1. The molecule has 1 N–H and O–H groups in total. The highest BCUT2D eigenvalue weighted by molar-refractivity contribution is 7.13. The Bertz CT molecular complexity index is 923. The van der Waals surface area contributed by atoms with Crippen molar-refractivity contribution in [1.82, 2.24) is 20.2 Å². The van der Waals surface area contributed by atoms with E-state index in [1.54, 1.807) is 6.20 Å². The van der Waals surface area contributed by atoms with Crippen LogP contribution in [-0.4, -0.2) is 66.1 Å². The molecule has 1 saturated carbocycles. The van der Waals surface area contributed by atoms with E-state index < -0.39 is 13.0 Å². The summed E-state index contributed by atoms with van der Waals surface area (Å²) in [5.41, 5.74) is 1.91. The van der Waals surface area contributed by atoms with Crippen LogP contribution in [0.3, 0.4) is 0 Å². The lowest BCUT2D eigenvalue weighted by molar-refractivity contribution is -0.124. The monoisotopic (exact) mass is 508 g/mol. The zero-order valence-corrected chi connectivity index (χ0v) is 21.0. The summed E-state index contributed by atoms with van der Waals surface area (Å²) in [5, 5.41) is 3.48. The summed E-state index contributed by atoms with van der Waals surface area (Å²) in [5.74, 6) is 1.21. The highest BCUT2D eigenvalue weighted by Gasteiger charge is 2.24. The number of pyridine rings is 1. The van der Waals surface area contributed by atoms with E-state index in [1.807, 2.05) is 19.1 Å². The zero-order valence-electron chi connectivity index (χ0n) is 20.2. The Morgan fingerprint density at radius 3 is 2.74 bits per heavy atom. The minimum absolute atomic E-state index is 0.0137. The molecule has 0 bridgehead atoms. The first-order valence-corrected chi connectivity index (χ1v) is 13.2. The number of hydrogen-bond acceptors (Lipinski definition) is 7. The third-order valence-corrected chi connectivity index (χ3v) is 7.80. The molecule has 1 aliphatic carbocycles. The molecular formula is C25H34F2N4O3S. The van der Waals surface area contributed by atoms with Crippen LogP contribution in [0.4, 0.5) is 8.78 Å². The van der Waals surface area contributed by atoms with Crippen molar-refractivity contribution in [1.29, 1.82) is 0 Å². The first kappa shape index (κ1) is 25.8. The first-order chi connectivity index (χ1) is 16.9. The van der Waals surface area contributed by atoms with Crippen LogP contribution < -0.4 is 14.8 Å². The highest BCUT2D eigenvalue weighted by Crippen LogP contribution is 2.30. The summed E-state index contributed by atoms with van der Waals surface area (Å²) in [7, 11) is 0. The van der Waals surface area contributed by atoms with Crippen molar-refractivity contribution in [3.05, 3.63) is 34.6 Å². The summed E-state index contributed by atoms with van der Waals surface area (Å²) in [6, 6.07) is 3.91. The predicted molar refractivity (Wildman–Crippen MR) is 130 cm³/mol. The van der Waals surface area contributed by atoms with Crippen molar-refractivity contribution in [2.75, 3.05) is 32.8 Å².